The Morgan fingerprint density at radius 3 is 2.29 bits per heavy atom. The molecule has 0 heterocycles. The zero-order chi connectivity index (χ0) is 24.5. The van der Waals surface area contributed by atoms with Gasteiger partial charge in [-0.15, -0.1) is 10.2 Å². The Bertz CT molecular complexity index is 1560. The monoisotopic (exact) mass is 500 g/mol. The van der Waals surface area contributed by atoms with E-state index in [9.17, 15) is 28.2 Å². The molecule has 12 heteroatoms. The summed E-state index contributed by atoms with van der Waals surface area (Å²) in [7, 11) is -4.83. The number of azo groups is 1. The number of phenols is 1. The molecule has 0 aromatic heterocycles. The third kappa shape index (κ3) is 5.66. The van der Waals surface area contributed by atoms with Crippen LogP contribution in [0, 0.1) is 17.0 Å². The summed E-state index contributed by atoms with van der Waals surface area (Å²) in [5.74, 6) is -0.645. The van der Waals surface area contributed by atoms with E-state index < -0.39 is 31.4 Å². The van der Waals surface area contributed by atoms with Gasteiger partial charge in [0, 0.05) is 28.2 Å². The molecule has 0 saturated heterocycles. The standard InChI is InChI=1S/C23H18N4O6S.Na/c1-14-12-19(23(28)20(13-14)27(29)30)26-25-17-10-11-18(24-15-6-3-2-4-7-15)22-16(17)8-5-9-21(22)34(31,32)33;/h2-13,24,28H,1H3,(H,31,32,33);/q;+1/p-1. The van der Waals surface area contributed by atoms with E-state index in [2.05, 4.69) is 15.5 Å². The largest absolute Gasteiger partial charge is 1.00 e. The van der Waals surface area contributed by atoms with Gasteiger partial charge in [0.1, 0.15) is 15.8 Å². The van der Waals surface area contributed by atoms with Crippen LogP contribution < -0.4 is 34.9 Å². The van der Waals surface area contributed by atoms with Crippen LogP contribution in [0.1, 0.15) is 5.56 Å². The van der Waals surface area contributed by atoms with E-state index in [1.54, 1.807) is 49.4 Å². The molecule has 0 amide bonds. The Kier molecular flexibility index (Phi) is 7.88. The molecule has 0 bridgehead atoms. The molecular formula is C23H17N4NaO6S. The molecule has 0 atom stereocenters. The normalized spacial score (nSPS) is 11.4. The maximum absolute atomic E-state index is 12.0. The first-order chi connectivity index (χ1) is 16.1. The van der Waals surface area contributed by atoms with Gasteiger partial charge in [-0.25, -0.2) is 8.42 Å². The second kappa shape index (κ2) is 10.5. The van der Waals surface area contributed by atoms with Crippen molar-refractivity contribution in [2.75, 3.05) is 5.32 Å². The number of anilines is 2. The van der Waals surface area contributed by atoms with Gasteiger partial charge in [-0.05, 0) is 48.9 Å². The summed E-state index contributed by atoms with van der Waals surface area (Å²) < 4.78 is 36.0. The van der Waals surface area contributed by atoms with Crippen LogP contribution in [0.15, 0.2) is 87.9 Å². The molecule has 0 aliphatic rings. The number of phenolic OH excluding ortho intramolecular Hbond substituents is 1. The number of aromatic hydroxyl groups is 1. The van der Waals surface area contributed by atoms with E-state index in [0.717, 1.165) is 0 Å². The Morgan fingerprint density at radius 2 is 1.63 bits per heavy atom. The number of hydrogen-bond donors (Lipinski definition) is 2. The first-order valence-electron chi connectivity index (χ1n) is 9.88. The zero-order valence-corrected chi connectivity index (χ0v) is 21.5. The predicted octanol–water partition coefficient (Wildman–Crippen LogP) is 2.83. The second-order valence-corrected chi connectivity index (χ2v) is 8.71. The molecule has 4 aromatic carbocycles. The molecule has 35 heavy (non-hydrogen) atoms. The molecule has 0 unspecified atom stereocenters. The Balaban J connectivity index is 0.00000342. The molecule has 10 nitrogen and oxygen atoms in total. The summed E-state index contributed by atoms with van der Waals surface area (Å²) in [6, 6.07) is 18.9. The SMILES string of the molecule is Cc1cc(N=Nc2ccc(Nc3ccccc3)c3c(S(=O)(=O)[O-])cccc23)c(O)c([N+](=O)[O-])c1.[Na+]. The minimum absolute atomic E-state index is 0. The number of para-hydroxylation sites is 1. The Morgan fingerprint density at radius 1 is 0.943 bits per heavy atom. The van der Waals surface area contributed by atoms with Gasteiger partial charge in [-0.2, -0.15) is 0 Å². The maximum atomic E-state index is 12.0. The molecule has 0 radical (unpaired) electrons. The number of benzene rings is 4. The molecule has 4 aromatic rings. The second-order valence-electron chi connectivity index (χ2n) is 7.36. The number of hydrogen-bond acceptors (Lipinski definition) is 9. The van der Waals surface area contributed by atoms with Crippen molar-refractivity contribution < 1.29 is 52.6 Å². The molecule has 2 N–H and O–H groups in total. The fourth-order valence-corrected chi connectivity index (χ4v) is 4.21. The topological polar surface area (TPSA) is 157 Å². The number of nitro benzene ring substituents is 1. The van der Waals surface area contributed by atoms with Crippen LogP contribution in [-0.4, -0.2) is 23.0 Å². The van der Waals surface area contributed by atoms with E-state index in [1.165, 1.54) is 24.3 Å². The summed E-state index contributed by atoms with van der Waals surface area (Å²) in [5.41, 5.74) is 1.09. The van der Waals surface area contributed by atoms with Crippen LogP contribution in [0.5, 0.6) is 5.75 Å². The first-order valence-corrected chi connectivity index (χ1v) is 11.3. The van der Waals surface area contributed by atoms with Crippen LogP contribution in [0.2, 0.25) is 0 Å². The van der Waals surface area contributed by atoms with E-state index in [-0.39, 0.29) is 46.3 Å². The quantitative estimate of drug-likeness (QED) is 0.135. The molecule has 4 rings (SSSR count). The van der Waals surface area contributed by atoms with Crippen LogP contribution in [0.25, 0.3) is 10.8 Å². The summed E-state index contributed by atoms with van der Waals surface area (Å²) >= 11 is 0. The molecule has 0 spiro atoms. The predicted molar refractivity (Wildman–Crippen MR) is 125 cm³/mol. The first kappa shape index (κ1) is 26.3. The van der Waals surface area contributed by atoms with E-state index >= 15 is 0 Å². The van der Waals surface area contributed by atoms with E-state index in [1.807, 2.05) is 6.07 Å². The van der Waals surface area contributed by atoms with Crippen molar-refractivity contribution in [3.8, 4) is 5.75 Å². The molecule has 0 fully saturated rings. The van der Waals surface area contributed by atoms with Crippen LogP contribution in [0.3, 0.4) is 0 Å². The van der Waals surface area contributed by atoms with Crippen molar-refractivity contribution in [2.45, 2.75) is 11.8 Å². The summed E-state index contributed by atoms with van der Waals surface area (Å²) in [5, 5.41) is 33.0. The van der Waals surface area contributed by atoms with Gasteiger partial charge >= 0.3 is 35.2 Å². The molecule has 172 valence electrons. The van der Waals surface area contributed by atoms with Crippen molar-refractivity contribution in [1.29, 1.82) is 0 Å². The van der Waals surface area contributed by atoms with E-state index in [4.69, 9.17) is 0 Å². The number of rotatable bonds is 6. The Hall–Kier alpha value is -3.35. The molecular weight excluding hydrogens is 483 g/mol. The number of aryl methyl sites for hydroxylation is 1. The summed E-state index contributed by atoms with van der Waals surface area (Å²) in [6.07, 6.45) is 0. The number of nitrogens with zero attached hydrogens (tertiary/aromatic N) is 3. The van der Waals surface area contributed by atoms with Crippen molar-refractivity contribution in [2.24, 2.45) is 10.2 Å². The average Bonchev–Trinajstić information content (AvgIpc) is 2.79. The third-order valence-corrected chi connectivity index (χ3v) is 5.86. The summed E-state index contributed by atoms with van der Waals surface area (Å²) in [6.45, 7) is 1.61. The third-order valence-electron chi connectivity index (χ3n) is 4.98. The number of nitrogens with one attached hydrogen (secondary N) is 1. The number of nitro groups is 1. The van der Waals surface area contributed by atoms with Gasteiger partial charge in [-0.3, -0.25) is 10.1 Å². The molecule has 0 aliphatic heterocycles. The molecule has 0 aliphatic carbocycles. The minimum atomic E-state index is -4.83. The van der Waals surface area contributed by atoms with Crippen molar-refractivity contribution in [3.05, 3.63) is 88.5 Å². The van der Waals surface area contributed by atoms with Gasteiger partial charge in [0.05, 0.1) is 15.5 Å². The number of fused-ring (bicyclic) bond motifs is 1. The summed E-state index contributed by atoms with van der Waals surface area (Å²) in [4.78, 5) is 10.0. The van der Waals surface area contributed by atoms with Crippen LogP contribution >= 0.6 is 0 Å². The van der Waals surface area contributed by atoms with Gasteiger partial charge in [0.15, 0.2) is 0 Å². The Labute approximate surface area is 222 Å². The van der Waals surface area contributed by atoms with Crippen molar-refractivity contribution >= 4 is 49.3 Å². The minimum Gasteiger partial charge on any atom is -0.744 e. The smallest absolute Gasteiger partial charge is 0.744 e. The maximum Gasteiger partial charge on any atom is 1.00 e. The van der Waals surface area contributed by atoms with Gasteiger partial charge in [-0.1, -0.05) is 30.3 Å². The van der Waals surface area contributed by atoms with Gasteiger partial charge in [0.25, 0.3) is 0 Å². The zero-order valence-electron chi connectivity index (χ0n) is 18.7. The average molecular weight is 500 g/mol. The molecule has 0 saturated carbocycles. The van der Waals surface area contributed by atoms with Crippen molar-refractivity contribution in [1.82, 2.24) is 0 Å². The van der Waals surface area contributed by atoms with Crippen LogP contribution in [-0.2, 0) is 10.1 Å². The fraction of sp³-hybridized carbons (Fsp3) is 0.0435. The van der Waals surface area contributed by atoms with E-state index in [0.29, 0.717) is 22.3 Å². The fourth-order valence-electron chi connectivity index (χ4n) is 3.50. The van der Waals surface area contributed by atoms with Crippen LogP contribution in [0.4, 0.5) is 28.4 Å². The van der Waals surface area contributed by atoms with Gasteiger partial charge < -0.3 is 15.0 Å². The van der Waals surface area contributed by atoms with Crippen molar-refractivity contribution in [3.63, 3.8) is 0 Å². The van der Waals surface area contributed by atoms with Gasteiger partial charge in [0.2, 0.25) is 5.75 Å².